The van der Waals surface area contributed by atoms with Crippen molar-refractivity contribution in [2.45, 2.75) is 53.5 Å². The van der Waals surface area contributed by atoms with Crippen molar-refractivity contribution < 1.29 is 0 Å². The predicted molar refractivity (Wildman–Crippen MR) is 75.2 cm³/mol. The molecule has 0 spiro atoms. The predicted octanol–water partition coefficient (Wildman–Crippen LogP) is 3.53. The van der Waals surface area contributed by atoms with E-state index in [1.54, 1.807) is 0 Å². The van der Waals surface area contributed by atoms with Crippen LogP contribution in [0, 0.1) is 11.3 Å². The van der Waals surface area contributed by atoms with E-state index in [1.807, 2.05) is 11.8 Å². The lowest BCUT2D eigenvalue weighted by atomic mass is 9.81. The fourth-order valence-corrected chi connectivity index (χ4v) is 2.50. The Morgan fingerprint density at radius 1 is 1.50 bits per heavy atom. The summed E-state index contributed by atoms with van der Waals surface area (Å²) in [6.07, 6.45) is 1.16. The Hall–Kier alpha value is -0.180. The minimum Gasteiger partial charge on any atom is -0.359 e. The second kappa shape index (κ2) is 4.99. The minimum absolute atomic E-state index is 0.255. The number of hydrogen-bond acceptors (Lipinski definition) is 2. The van der Waals surface area contributed by atoms with Gasteiger partial charge in [0, 0.05) is 17.8 Å². The molecule has 94 valence electrons. The molecule has 1 saturated heterocycles. The average molecular weight is 242 g/mol. The molecule has 0 radical (unpaired) electrons. The van der Waals surface area contributed by atoms with Crippen molar-refractivity contribution in [1.82, 2.24) is 5.32 Å². The van der Waals surface area contributed by atoms with Crippen molar-refractivity contribution in [3.05, 3.63) is 0 Å². The number of amidine groups is 1. The van der Waals surface area contributed by atoms with Gasteiger partial charge in [0.05, 0.1) is 0 Å². The lowest BCUT2D eigenvalue weighted by Crippen LogP contribution is -2.40. The Morgan fingerprint density at radius 3 is 2.56 bits per heavy atom. The van der Waals surface area contributed by atoms with Crippen molar-refractivity contribution in [2.75, 3.05) is 12.3 Å². The third-order valence-corrected chi connectivity index (χ3v) is 5.20. The number of rotatable bonds is 4. The van der Waals surface area contributed by atoms with Crippen LogP contribution >= 0.6 is 11.8 Å². The summed E-state index contributed by atoms with van der Waals surface area (Å²) in [5.74, 6) is 1.81. The SMILES string of the molecule is CCC1(C)CSC(=NCC(C)(C)C(C)C)N1. The number of nitrogens with zero attached hydrogens (tertiary/aromatic N) is 1. The van der Waals surface area contributed by atoms with Gasteiger partial charge < -0.3 is 5.32 Å². The molecule has 1 N–H and O–H groups in total. The zero-order valence-corrected chi connectivity index (χ0v) is 12.4. The first kappa shape index (κ1) is 13.9. The monoisotopic (exact) mass is 242 g/mol. The fourth-order valence-electron chi connectivity index (χ4n) is 1.29. The van der Waals surface area contributed by atoms with Crippen LogP contribution in [0.5, 0.6) is 0 Å². The van der Waals surface area contributed by atoms with Crippen molar-refractivity contribution >= 4 is 16.9 Å². The Labute approximate surface area is 105 Å². The third-order valence-electron chi connectivity index (χ3n) is 3.91. The highest BCUT2D eigenvalue weighted by Gasteiger charge is 2.31. The second-order valence-electron chi connectivity index (χ2n) is 6.09. The molecule has 0 saturated carbocycles. The topological polar surface area (TPSA) is 24.4 Å². The molecule has 1 rings (SSSR count). The molecule has 0 amide bonds. The van der Waals surface area contributed by atoms with Crippen LogP contribution in [0.4, 0.5) is 0 Å². The van der Waals surface area contributed by atoms with E-state index in [9.17, 15) is 0 Å². The molecule has 1 fully saturated rings. The molecular weight excluding hydrogens is 216 g/mol. The molecule has 0 aromatic carbocycles. The fraction of sp³-hybridized carbons (Fsp3) is 0.923. The van der Waals surface area contributed by atoms with Crippen molar-refractivity contribution in [3.8, 4) is 0 Å². The second-order valence-corrected chi connectivity index (χ2v) is 7.06. The van der Waals surface area contributed by atoms with E-state index in [4.69, 9.17) is 4.99 Å². The van der Waals surface area contributed by atoms with Crippen LogP contribution in [-0.2, 0) is 0 Å². The highest BCUT2D eigenvalue weighted by atomic mass is 32.2. The van der Waals surface area contributed by atoms with Crippen LogP contribution in [0.25, 0.3) is 0 Å². The van der Waals surface area contributed by atoms with E-state index < -0.39 is 0 Å². The van der Waals surface area contributed by atoms with Crippen LogP contribution in [0.1, 0.15) is 48.0 Å². The van der Waals surface area contributed by atoms with Gasteiger partial charge in [0.25, 0.3) is 0 Å². The normalized spacial score (nSPS) is 28.8. The summed E-state index contributed by atoms with van der Waals surface area (Å²) in [5.41, 5.74) is 0.548. The zero-order valence-electron chi connectivity index (χ0n) is 11.6. The molecule has 0 aromatic rings. The maximum atomic E-state index is 4.73. The Morgan fingerprint density at radius 2 is 2.12 bits per heavy atom. The molecule has 0 bridgehead atoms. The summed E-state index contributed by atoms with van der Waals surface area (Å²) in [5, 5.41) is 4.68. The van der Waals surface area contributed by atoms with Gasteiger partial charge in [0.15, 0.2) is 5.17 Å². The van der Waals surface area contributed by atoms with Crippen LogP contribution in [-0.4, -0.2) is 23.0 Å². The smallest absolute Gasteiger partial charge is 0.157 e. The summed E-state index contributed by atoms with van der Waals surface area (Å²) in [4.78, 5) is 4.73. The van der Waals surface area contributed by atoms with Gasteiger partial charge in [-0.15, -0.1) is 0 Å². The van der Waals surface area contributed by atoms with E-state index in [-0.39, 0.29) is 5.54 Å². The molecule has 16 heavy (non-hydrogen) atoms. The largest absolute Gasteiger partial charge is 0.359 e. The van der Waals surface area contributed by atoms with E-state index in [1.165, 1.54) is 0 Å². The maximum Gasteiger partial charge on any atom is 0.157 e. The van der Waals surface area contributed by atoms with Gasteiger partial charge in [-0.3, -0.25) is 4.99 Å². The number of nitrogens with one attached hydrogen (secondary N) is 1. The van der Waals surface area contributed by atoms with Crippen LogP contribution in [0.3, 0.4) is 0 Å². The lowest BCUT2D eigenvalue weighted by Gasteiger charge is -2.27. The molecule has 1 aliphatic heterocycles. The van der Waals surface area contributed by atoms with Crippen molar-refractivity contribution in [1.29, 1.82) is 0 Å². The third kappa shape index (κ3) is 3.41. The molecule has 0 aliphatic carbocycles. The highest BCUT2D eigenvalue weighted by molar-refractivity contribution is 8.14. The Kier molecular flexibility index (Phi) is 4.33. The van der Waals surface area contributed by atoms with E-state index in [0.29, 0.717) is 11.3 Å². The van der Waals surface area contributed by atoms with Gasteiger partial charge in [-0.2, -0.15) is 0 Å². The Bertz CT molecular complexity index is 271. The summed E-state index contributed by atoms with van der Waals surface area (Å²) in [6.45, 7) is 14.5. The quantitative estimate of drug-likeness (QED) is 0.815. The highest BCUT2D eigenvalue weighted by Crippen LogP contribution is 2.29. The molecule has 1 atom stereocenters. The lowest BCUT2D eigenvalue weighted by molar-refractivity contribution is 0.262. The first-order valence-electron chi connectivity index (χ1n) is 6.24. The van der Waals surface area contributed by atoms with Gasteiger partial charge >= 0.3 is 0 Å². The molecule has 1 heterocycles. The first-order chi connectivity index (χ1) is 7.29. The maximum absolute atomic E-state index is 4.73. The summed E-state index contributed by atoms with van der Waals surface area (Å²) < 4.78 is 0. The van der Waals surface area contributed by atoms with Gasteiger partial charge in [0.2, 0.25) is 0 Å². The number of thioether (sulfide) groups is 1. The number of aliphatic imine (C=N–C) groups is 1. The Balaban J connectivity index is 2.55. The van der Waals surface area contributed by atoms with Gasteiger partial charge in [0.1, 0.15) is 0 Å². The molecule has 0 aromatic heterocycles. The van der Waals surface area contributed by atoms with Crippen LogP contribution in [0.2, 0.25) is 0 Å². The molecule has 2 nitrogen and oxygen atoms in total. The zero-order chi connectivity index (χ0) is 12.4. The molecule has 1 unspecified atom stereocenters. The van der Waals surface area contributed by atoms with Crippen molar-refractivity contribution in [2.24, 2.45) is 16.3 Å². The average Bonchev–Trinajstić information content (AvgIpc) is 2.58. The summed E-state index contributed by atoms with van der Waals surface area (Å²) in [7, 11) is 0. The van der Waals surface area contributed by atoms with Crippen LogP contribution < -0.4 is 5.32 Å². The number of hydrogen-bond donors (Lipinski definition) is 1. The first-order valence-corrected chi connectivity index (χ1v) is 7.23. The van der Waals surface area contributed by atoms with Crippen molar-refractivity contribution in [3.63, 3.8) is 0 Å². The van der Waals surface area contributed by atoms with Gasteiger partial charge in [-0.25, -0.2) is 0 Å². The molecular formula is C13H26N2S. The van der Waals surface area contributed by atoms with Crippen LogP contribution in [0.15, 0.2) is 4.99 Å². The molecule has 1 aliphatic rings. The van der Waals surface area contributed by atoms with E-state index in [2.05, 4.69) is 46.9 Å². The summed E-state index contributed by atoms with van der Waals surface area (Å²) >= 11 is 1.87. The summed E-state index contributed by atoms with van der Waals surface area (Å²) in [6, 6.07) is 0. The van der Waals surface area contributed by atoms with E-state index in [0.717, 1.165) is 23.9 Å². The van der Waals surface area contributed by atoms with Gasteiger partial charge in [-0.1, -0.05) is 46.4 Å². The molecule has 3 heteroatoms. The van der Waals surface area contributed by atoms with E-state index >= 15 is 0 Å². The minimum atomic E-state index is 0.255. The standard InChI is InChI=1S/C13H26N2S/c1-7-13(6)9-16-11(15-13)14-8-12(4,5)10(2)3/h10H,7-9H2,1-6H3,(H,14,15). The van der Waals surface area contributed by atoms with Gasteiger partial charge in [-0.05, 0) is 24.7 Å².